The topological polar surface area (TPSA) is 77.5 Å². The SMILES string of the molecule is CC(=O)Nc1nc(COC(=O)c2cc3c(s2)-c2ccccc2OC3)cs1. The van der Waals surface area contributed by atoms with Crippen LogP contribution < -0.4 is 10.1 Å². The van der Waals surface area contributed by atoms with Crippen LogP contribution in [0.4, 0.5) is 5.13 Å². The Hall–Kier alpha value is -2.71. The molecule has 0 radical (unpaired) electrons. The molecule has 0 atom stereocenters. The molecule has 1 N–H and O–H groups in total. The predicted molar refractivity (Wildman–Crippen MR) is 99.6 cm³/mol. The minimum Gasteiger partial charge on any atom is -0.488 e. The van der Waals surface area contributed by atoms with Gasteiger partial charge < -0.3 is 14.8 Å². The largest absolute Gasteiger partial charge is 0.488 e. The van der Waals surface area contributed by atoms with Gasteiger partial charge in [-0.3, -0.25) is 4.79 Å². The zero-order valence-corrected chi connectivity index (χ0v) is 15.4. The number of ether oxygens (including phenoxy) is 2. The molecule has 132 valence electrons. The number of hydrogen-bond donors (Lipinski definition) is 1. The van der Waals surface area contributed by atoms with Crippen LogP contribution in [0.2, 0.25) is 0 Å². The number of esters is 1. The second-order valence-corrected chi connectivity index (χ2v) is 7.56. The molecule has 3 heterocycles. The van der Waals surface area contributed by atoms with Gasteiger partial charge in [0.1, 0.15) is 23.8 Å². The zero-order valence-electron chi connectivity index (χ0n) is 13.8. The smallest absolute Gasteiger partial charge is 0.348 e. The van der Waals surface area contributed by atoms with Crippen molar-refractivity contribution < 1.29 is 19.1 Å². The predicted octanol–water partition coefficient (Wildman–Crippen LogP) is 4.08. The molecule has 26 heavy (non-hydrogen) atoms. The molecule has 1 aliphatic rings. The Kier molecular flexibility index (Phi) is 4.44. The van der Waals surface area contributed by atoms with E-state index in [1.165, 1.54) is 29.6 Å². The fourth-order valence-corrected chi connectivity index (χ4v) is 4.42. The summed E-state index contributed by atoms with van der Waals surface area (Å²) in [5.41, 5.74) is 2.58. The van der Waals surface area contributed by atoms with Gasteiger partial charge in [-0.25, -0.2) is 9.78 Å². The van der Waals surface area contributed by atoms with Gasteiger partial charge >= 0.3 is 5.97 Å². The van der Waals surface area contributed by atoms with Crippen LogP contribution in [0.5, 0.6) is 5.75 Å². The second kappa shape index (κ2) is 6.89. The summed E-state index contributed by atoms with van der Waals surface area (Å²) in [6.45, 7) is 1.92. The number of nitrogens with one attached hydrogen (secondary N) is 1. The van der Waals surface area contributed by atoms with Gasteiger partial charge in [0.15, 0.2) is 5.13 Å². The maximum Gasteiger partial charge on any atom is 0.348 e. The number of amides is 1. The molecular weight excluding hydrogens is 372 g/mol. The first-order chi connectivity index (χ1) is 12.6. The highest BCUT2D eigenvalue weighted by atomic mass is 32.1. The van der Waals surface area contributed by atoms with Crippen LogP contribution in [0.15, 0.2) is 35.7 Å². The summed E-state index contributed by atoms with van der Waals surface area (Å²) >= 11 is 2.70. The highest BCUT2D eigenvalue weighted by Gasteiger charge is 2.23. The molecular formula is C18H14N2O4S2. The van der Waals surface area contributed by atoms with Crippen LogP contribution >= 0.6 is 22.7 Å². The lowest BCUT2D eigenvalue weighted by Crippen LogP contribution is -2.06. The fraction of sp³-hybridized carbons (Fsp3) is 0.167. The fourth-order valence-electron chi connectivity index (χ4n) is 2.59. The first kappa shape index (κ1) is 16.7. The summed E-state index contributed by atoms with van der Waals surface area (Å²) < 4.78 is 11.1. The monoisotopic (exact) mass is 386 g/mol. The Morgan fingerprint density at radius 3 is 3.04 bits per heavy atom. The van der Waals surface area contributed by atoms with Crippen LogP contribution in [-0.4, -0.2) is 16.9 Å². The molecule has 2 aromatic heterocycles. The van der Waals surface area contributed by atoms with Gasteiger partial charge in [-0.1, -0.05) is 12.1 Å². The maximum atomic E-state index is 12.4. The third kappa shape index (κ3) is 3.33. The number of hydrogen-bond acceptors (Lipinski definition) is 7. The Labute approximate surface area is 157 Å². The zero-order chi connectivity index (χ0) is 18.1. The summed E-state index contributed by atoms with van der Waals surface area (Å²) in [5.74, 6) is 0.250. The van der Waals surface area contributed by atoms with Gasteiger partial charge in [0.2, 0.25) is 5.91 Å². The number of para-hydroxylation sites is 1. The van der Waals surface area contributed by atoms with E-state index in [1.807, 2.05) is 30.3 Å². The van der Waals surface area contributed by atoms with Gasteiger partial charge in [0, 0.05) is 28.3 Å². The number of fused-ring (bicyclic) bond motifs is 3. The van der Waals surface area contributed by atoms with Crippen LogP contribution in [0, 0.1) is 0 Å². The Morgan fingerprint density at radius 2 is 2.19 bits per heavy atom. The minimum atomic E-state index is -0.393. The number of carbonyl (C=O) groups is 2. The van der Waals surface area contributed by atoms with Crippen molar-refractivity contribution in [2.45, 2.75) is 20.1 Å². The van der Waals surface area contributed by atoms with E-state index >= 15 is 0 Å². The summed E-state index contributed by atoms with van der Waals surface area (Å²) in [4.78, 5) is 29.2. The van der Waals surface area contributed by atoms with Crippen molar-refractivity contribution in [2.75, 3.05) is 5.32 Å². The van der Waals surface area contributed by atoms with E-state index < -0.39 is 5.97 Å². The van der Waals surface area contributed by atoms with Crippen molar-refractivity contribution >= 4 is 39.7 Å². The van der Waals surface area contributed by atoms with Crippen molar-refractivity contribution in [1.82, 2.24) is 4.98 Å². The van der Waals surface area contributed by atoms with Crippen LogP contribution in [-0.2, 0) is 22.7 Å². The molecule has 0 fully saturated rings. The molecule has 0 saturated carbocycles. The molecule has 0 bridgehead atoms. The molecule has 6 nitrogen and oxygen atoms in total. The number of nitrogens with zero attached hydrogens (tertiary/aromatic N) is 1. The number of anilines is 1. The summed E-state index contributed by atoms with van der Waals surface area (Å²) in [7, 11) is 0. The third-order valence-corrected chi connectivity index (χ3v) is 5.71. The highest BCUT2D eigenvalue weighted by Crippen LogP contribution is 2.42. The number of thiazole rings is 1. The molecule has 1 amide bonds. The summed E-state index contributed by atoms with van der Waals surface area (Å²) in [6.07, 6.45) is 0. The van der Waals surface area contributed by atoms with Gasteiger partial charge in [-0.05, 0) is 18.2 Å². The van der Waals surface area contributed by atoms with Gasteiger partial charge in [0.25, 0.3) is 0 Å². The number of rotatable bonds is 4. The number of carbonyl (C=O) groups excluding carboxylic acids is 2. The molecule has 1 aromatic carbocycles. The highest BCUT2D eigenvalue weighted by molar-refractivity contribution is 7.17. The Morgan fingerprint density at radius 1 is 1.35 bits per heavy atom. The molecule has 0 unspecified atom stereocenters. The van der Waals surface area contributed by atoms with E-state index in [0.717, 1.165) is 21.8 Å². The number of benzene rings is 1. The van der Waals surface area contributed by atoms with Crippen molar-refractivity contribution in [2.24, 2.45) is 0 Å². The average Bonchev–Trinajstić information content (AvgIpc) is 3.26. The van der Waals surface area contributed by atoms with E-state index in [4.69, 9.17) is 9.47 Å². The third-order valence-electron chi connectivity index (χ3n) is 3.71. The van der Waals surface area contributed by atoms with E-state index in [1.54, 1.807) is 5.38 Å². The Balaban J connectivity index is 1.46. The van der Waals surface area contributed by atoms with Crippen molar-refractivity contribution in [3.8, 4) is 16.2 Å². The standard InChI is InChI=1S/C18H14N2O4S2/c1-10(21)19-18-20-12(9-25-18)8-24-17(22)15-6-11-7-23-14-5-3-2-4-13(14)16(11)26-15/h2-6,9H,7-8H2,1H3,(H,19,20,21). The van der Waals surface area contributed by atoms with Crippen molar-refractivity contribution in [3.05, 3.63) is 51.8 Å². The molecule has 8 heteroatoms. The van der Waals surface area contributed by atoms with E-state index in [2.05, 4.69) is 10.3 Å². The van der Waals surface area contributed by atoms with E-state index in [0.29, 0.717) is 22.3 Å². The van der Waals surface area contributed by atoms with Crippen molar-refractivity contribution in [1.29, 1.82) is 0 Å². The lowest BCUT2D eigenvalue weighted by Gasteiger charge is -2.16. The van der Waals surface area contributed by atoms with Crippen LogP contribution in [0.25, 0.3) is 10.4 Å². The van der Waals surface area contributed by atoms with E-state index in [-0.39, 0.29) is 12.5 Å². The summed E-state index contributed by atoms with van der Waals surface area (Å²) in [6, 6.07) is 9.60. The Bertz CT molecular complexity index is 993. The quantitative estimate of drug-likeness (QED) is 0.684. The molecule has 0 aliphatic carbocycles. The molecule has 0 spiro atoms. The van der Waals surface area contributed by atoms with Gasteiger partial charge in [-0.2, -0.15) is 0 Å². The first-order valence-corrected chi connectivity index (χ1v) is 9.54. The van der Waals surface area contributed by atoms with Gasteiger partial charge in [0.05, 0.1) is 5.69 Å². The molecule has 3 aromatic rings. The van der Waals surface area contributed by atoms with Crippen molar-refractivity contribution in [3.63, 3.8) is 0 Å². The first-order valence-electron chi connectivity index (χ1n) is 7.84. The van der Waals surface area contributed by atoms with Gasteiger partial charge in [-0.15, -0.1) is 22.7 Å². The normalized spacial score (nSPS) is 11.9. The lowest BCUT2D eigenvalue weighted by molar-refractivity contribution is -0.114. The average molecular weight is 386 g/mol. The molecule has 0 saturated heterocycles. The molecule has 1 aliphatic heterocycles. The van der Waals surface area contributed by atoms with Crippen LogP contribution in [0.1, 0.15) is 27.9 Å². The second-order valence-electron chi connectivity index (χ2n) is 5.65. The van der Waals surface area contributed by atoms with E-state index in [9.17, 15) is 9.59 Å². The number of aromatic nitrogens is 1. The molecule has 4 rings (SSSR count). The summed E-state index contributed by atoms with van der Waals surface area (Å²) in [5, 5.41) is 4.84. The minimum absolute atomic E-state index is 0.0601. The lowest BCUT2D eigenvalue weighted by atomic mass is 10.1. The van der Waals surface area contributed by atoms with Crippen LogP contribution in [0.3, 0.4) is 0 Å². The maximum absolute atomic E-state index is 12.4. The number of thiophene rings is 1.